The third-order valence-electron chi connectivity index (χ3n) is 2.68. The molecule has 0 aliphatic heterocycles. The fraction of sp³-hybridized carbons (Fsp3) is 0.429. The van der Waals surface area contributed by atoms with Crippen molar-refractivity contribution in [1.82, 2.24) is 10.7 Å². The van der Waals surface area contributed by atoms with Crippen molar-refractivity contribution in [3.05, 3.63) is 29.3 Å². The molecule has 0 unspecified atom stereocenters. The van der Waals surface area contributed by atoms with E-state index < -0.39 is 0 Å². The van der Waals surface area contributed by atoms with Gasteiger partial charge in [0.1, 0.15) is 5.75 Å². The smallest absolute Gasteiger partial charge is 0.186 e. The molecule has 0 atom stereocenters. The van der Waals surface area contributed by atoms with E-state index in [4.69, 9.17) is 12.2 Å². The Bertz CT molecular complexity index is 472. The molecule has 3 N–H and O–H groups in total. The fourth-order valence-corrected chi connectivity index (χ4v) is 1.70. The number of thiocarbonyl (C=S) groups is 1. The topological polar surface area (TPSA) is 56.7 Å². The van der Waals surface area contributed by atoms with Gasteiger partial charge < -0.3 is 10.4 Å². The van der Waals surface area contributed by atoms with Gasteiger partial charge in [-0.05, 0) is 44.6 Å². The molecule has 0 spiro atoms. The number of phenols is 1. The fourth-order valence-electron chi connectivity index (χ4n) is 1.55. The zero-order valence-corrected chi connectivity index (χ0v) is 12.5. The van der Waals surface area contributed by atoms with Crippen LogP contribution in [0.3, 0.4) is 0 Å². The summed E-state index contributed by atoms with van der Waals surface area (Å²) in [5.41, 5.74) is 5.27. The minimum atomic E-state index is 0.221. The maximum absolute atomic E-state index is 9.79. The van der Waals surface area contributed by atoms with Crippen LogP contribution in [0.25, 0.3) is 0 Å². The van der Waals surface area contributed by atoms with E-state index >= 15 is 0 Å². The zero-order valence-electron chi connectivity index (χ0n) is 11.7. The zero-order chi connectivity index (χ0) is 14.3. The predicted molar refractivity (Wildman–Crippen MR) is 83.7 cm³/mol. The van der Waals surface area contributed by atoms with Crippen molar-refractivity contribution in [3.8, 4) is 5.75 Å². The van der Waals surface area contributed by atoms with Crippen LogP contribution < -0.4 is 10.7 Å². The van der Waals surface area contributed by atoms with Gasteiger partial charge >= 0.3 is 0 Å². The Morgan fingerprint density at radius 3 is 2.84 bits per heavy atom. The van der Waals surface area contributed by atoms with Crippen molar-refractivity contribution >= 4 is 23.0 Å². The molecule has 0 saturated carbocycles. The number of unbranched alkanes of at least 4 members (excludes halogenated alkanes) is 1. The lowest BCUT2D eigenvalue weighted by atomic mass is 10.1. The van der Waals surface area contributed by atoms with E-state index in [1.165, 1.54) is 0 Å². The van der Waals surface area contributed by atoms with E-state index in [0.29, 0.717) is 16.4 Å². The molecule has 0 aromatic heterocycles. The van der Waals surface area contributed by atoms with Crippen LogP contribution in [-0.4, -0.2) is 22.5 Å². The molecule has 5 heteroatoms. The summed E-state index contributed by atoms with van der Waals surface area (Å²) in [4.78, 5) is 0. The molecule has 0 aliphatic carbocycles. The molecule has 0 saturated heterocycles. The van der Waals surface area contributed by atoms with Crippen molar-refractivity contribution in [2.45, 2.75) is 33.6 Å². The van der Waals surface area contributed by atoms with Crippen LogP contribution >= 0.6 is 12.2 Å². The number of hydrogen-bond donors (Lipinski definition) is 3. The first-order chi connectivity index (χ1) is 9.04. The number of benzene rings is 1. The van der Waals surface area contributed by atoms with Gasteiger partial charge in [0.05, 0.1) is 5.71 Å². The average molecular weight is 279 g/mol. The highest BCUT2D eigenvalue weighted by atomic mass is 32.1. The second kappa shape index (κ2) is 7.74. The molecule has 1 aromatic carbocycles. The van der Waals surface area contributed by atoms with Crippen LogP contribution in [0.1, 0.15) is 37.8 Å². The molecule has 1 rings (SSSR count). The lowest BCUT2D eigenvalue weighted by Crippen LogP contribution is -2.33. The number of phenolic OH excluding ortho intramolecular Hbond substituents is 1. The van der Waals surface area contributed by atoms with Crippen molar-refractivity contribution in [1.29, 1.82) is 0 Å². The highest BCUT2D eigenvalue weighted by Crippen LogP contribution is 2.18. The van der Waals surface area contributed by atoms with E-state index in [0.717, 1.165) is 24.9 Å². The Kier molecular flexibility index (Phi) is 6.29. The van der Waals surface area contributed by atoms with Gasteiger partial charge in [0.2, 0.25) is 0 Å². The summed E-state index contributed by atoms with van der Waals surface area (Å²) < 4.78 is 0. The van der Waals surface area contributed by atoms with Gasteiger partial charge in [-0.2, -0.15) is 5.10 Å². The summed E-state index contributed by atoms with van der Waals surface area (Å²) in [6.07, 6.45) is 2.19. The van der Waals surface area contributed by atoms with Gasteiger partial charge in [-0.25, -0.2) is 0 Å². The molecular weight excluding hydrogens is 258 g/mol. The summed E-state index contributed by atoms with van der Waals surface area (Å²) in [6.45, 7) is 6.77. The first-order valence-electron chi connectivity index (χ1n) is 6.42. The standard InChI is InChI=1S/C14H21N3OS/c1-4-5-8-15-14(19)17-16-11(3)12-9-10(2)6-7-13(12)18/h6-7,9,18H,4-5,8H2,1-3H3,(H2,15,17,19)/b16-11+. The molecule has 104 valence electrons. The van der Waals surface area contributed by atoms with Crippen molar-refractivity contribution in [2.75, 3.05) is 6.54 Å². The van der Waals surface area contributed by atoms with Crippen LogP contribution in [0.5, 0.6) is 5.75 Å². The lowest BCUT2D eigenvalue weighted by molar-refractivity contribution is 0.474. The molecule has 0 fully saturated rings. The largest absolute Gasteiger partial charge is 0.507 e. The normalized spacial score (nSPS) is 11.2. The van der Waals surface area contributed by atoms with Gasteiger partial charge in [0.15, 0.2) is 5.11 Å². The minimum absolute atomic E-state index is 0.221. The molecule has 4 nitrogen and oxygen atoms in total. The Hall–Kier alpha value is -1.62. The number of aromatic hydroxyl groups is 1. The summed E-state index contributed by atoms with van der Waals surface area (Å²) >= 11 is 5.10. The Morgan fingerprint density at radius 2 is 2.16 bits per heavy atom. The quantitative estimate of drug-likeness (QED) is 0.336. The van der Waals surface area contributed by atoms with Crippen LogP contribution in [0.2, 0.25) is 0 Å². The summed E-state index contributed by atoms with van der Waals surface area (Å²) in [7, 11) is 0. The Balaban J connectivity index is 2.61. The van der Waals surface area contributed by atoms with E-state index in [1.807, 2.05) is 26.0 Å². The van der Waals surface area contributed by atoms with E-state index in [-0.39, 0.29) is 5.75 Å². The molecule has 0 heterocycles. The van der Waals surface area contributed by atoms with E-state index in [9.17, 15) is 5.11 Å². The first-order valence-corrected chi connectivity index (χ1v) is 6.83. The van der Waals surface area contributed by atoms with Gasteiger partial charge in [-0.1, -0.05) is 25.0 Å². The summed E-state index contributed by atoms with van der Waals surface area (Å²) in [5.74, 6) is 0.221. The minimum Gasteiger partial charge on any atom is -0.507 e. The highest BCUT2D eigenvalue weighted by Gasteiger charge is 2.05. The third-order valence-corrected chi connectivity index (χ3v) is 2.92. The first kappa shape index (κ1) is 15.4. The van der Waals surface area contributed by atoms with Gasteiger partial charge in [0, 0.05) is 12.1 Å². The predicted octanol–water partition coefficient (Wildman–Crippen LogP) is 2.69. The van der Waals surface area contributed by atoms with Crippen LogP contribution in [0, 0.1) is 6.92 Å². The van der Waals surface area contributed by atoms with Crippen LogP contribution in [-0.2, 0) is 0 Å². The van der Waals surface area contributed by atoms with Crippen molar-refractivity contribution in [3.63, 3.8) is 0 Å². The molecule has 19 heavy (non-hydrogen) atoms. The molecule has 0 bridgehead atoms. The molecule has 1 aromatic rings. The number of nitrogens with zero attached hydrogens (tertiary/aromatic N) is 1. The number of hydrazone groups is 1. The lowest BCUT2D eigenvalue weighted by Gasteiger charge is -2.08. The monoisotopic (exact) mass is 279 g/mol. The van der Waals surface area contributed by atoms with Gasteiger partial charge in [-0.15, -0.1) is 0 Å². The van der Waals surface area contributed by atoms with Crippen molar-refractivity contribution < 1.29 is 5.11 Å². The Labute approximate surface area is 119 Å². The number of aryl methyl sites for hydroxylation is 1. The van der Waals surface area contributed by atoms with Gasteiger partial charge in [0.25, 0.3) is 0 Å². The van der Waals surface area contributed by atoms with Gasteiger partial charge in [-0.3, -0.25) is 5.43 Å². The summed E-state index contributed by atoms with van der Waals surface area (Å²) in [5, 5.41) is 17.5. The maximum Gasteiger partial charge on any atom is 0.186 e. The second-order valence-corrected chi connectivity index (χ2v) is 4.85. The Morgan fingerprint density at radius 1 is 1.42 bits per heavy atom. The molecular formula is C14H21N3OS. The average Bonchev–Trinajstić information content (AvgIpc) is 2.39. The highest BCUT2D eigenvalue weighted by molar-refractivity contribution is 7.80. The van der Waals surface area contributed by atoms with E-state index in [2.05, 4.69) is 22.8 Å². The number of rotatable bonds is 5. The molecule has 0 aliphatic rings. The molecule has 0 radical (unpaired) electrons. The van der Waals surface area contributed by atoms with Crippen LogP contribution in [0.4, 0.5) is 0 Å². The summed E-state index contributed by atoms with van der Waals surface area (Å²) in [6, 6.07) is 5.42. The maximum atomic E-state index is 9.79. The number of nitrogens with one attached hydrogen (secondary N) is 2. The number of hydrogen-bond acceptors (Lipinski definition) is 3. The SMILES string of the molecule is CCCCNC(=S)N/N=C(\C)c1cc(C)ccc1O. The van der Waals surface area contributed by atoms with Crippen LogP contribution in [0.15, 0.2) is 23.3 Å². The van der Waals surface area contributed by atoms with E-state index in [1.54, 1.807) is 6.07 Å². The second-order valence-electron chi connectivity index (χ2n) is 4.44. The van der Waals surface area contributed by atoms with Crippen molar-refractivity contribution in [2.24, 2.45) is 5.10 Å². The molecule has 0 amide bonds. The third kappa shape index (κ3) is 5.26.